The van der Waals surface area contributed by atoms with Crippen LogP contribution in [0.1, 0.15) is 58.2 Å². The van der Waals surface area contributed by atoms with Gasteiger partial charge >= 0.3 is 6.09 Å². The fourth-order valence-electron chi connectivity index (χ4n) is 4.80. The maximum absolute atomic E-state index is 12.0. The van der Waals surface area contributed by atoms with Crippen molar-refractivity contribution < 1.29 is 9.90 Å². The molecule has 1 atom stereocenters. The number of nitrogens with two attached hydrogens (primary N) is 1. The molecule has 3 N–H and O–H groups in total. The second-order valence-corrected chi connectivity index (χ2v) is 8.65. The highest BCUT2D eigenvalue weighted by molar-refractivity contribution is 5.73. The fourth-order valence-corrected chi connectivity index (χ4v) is 4.80. The summed E-state index contributed by atoms with van der Waals surface area (Å²) in [5.74, 6) is 0. The van der Waals surface area contributed by atoms with Gasteiger partial charge in [0.25, 0.3) is 0 Å². The van der Waals surface area contributed by atoms with E-state index in [1.54, 1.807) is 11.1 Å². The van der Waals surface area contributed by atoms with Crippen LogP contribution in [0.25, 0.3) is 0 Å². The first-order chi connectivity index (χ1) is 11.6. The lowest BCUT2D eigenvalue weighted by atomic mass is 9.85. The highest BCUT2D eigenvalue weighted by atomic mass is 16.4. The highest BCUT2D eigenvalue weighted by Crippen LogP contribution is 2.40. The largest absolute Gasteiger partial charge is 0.465 e. The number of nitrogen functional groups attached to an aromatic ring is 1. The van der Waals surface area contributed by atoms with Crippen LogP contribution >= 0.6 is 0 Å². The van der Waals surface area contributed by atoms with E-state index >= 15 is 0 Å². The van der Waals surface area contributed by atoms with Crippen LogP contribution in [-0.4, -0.2) is 45.3 Å². The molecule has 6 heteroatoms. The van der Waals surface area contributed by atoms with Crippen molar-refractivity contribution in [1.29, 1.82) is 0 Å². The Morgan fingerprint density at radius 1 is 1.36 bits per heavy atom. The second-order valence-electron chi connectivity index (χ2n) is 8.65. The lowest BCUT2D eigenvalue weighted by Gasteiger charge is -2.52. The smallest absolute Gasteiger partial charge is 0.408 e. The van der Waals surface area contributed by atoms with Crippen LogP contribution in [0, 0.1) is 0 Å². The summed E-state index contributed by atoms with van der Waals surface area (Å²) >= 11 is 0. The number of hydrogen-bond acceptors (Lipinski definition) is 4. The molecule has 1 unspecified atom stereocenters. The third-order valence-electron chi connectivity index (χ3n) is 5.50. The monoisotopic (exact) mass is 346 g/mol. The van der Waals surface area contributed by atoms with Gasteiger partial charge < -0.3 is 15.7 Å². The van der Waals surface area contributed by atoms with Gasteiger partial charge in [-0.25, -0.2) is 4.79 Å². The van der Waals surface area contributed by atoms with Gasteiger partial charge in [-0.05, 0) is 65.4 Å². The number of rotatable bonds is 2. The molecule has 0 aromatic carbocycles. The number of pyridine rings is 1. The Hall–Kier alpha value is -1.98. The summed E-state index contributed by atoms with van der Waals surface area (Å²) in [5.41, 5.74) is 9.63. The minimum atomic E-state index is -0.857. The van der Waals surface area contributed by atoms with Gasteiger partial charge in [-0.2, -0.15) is 0 Å². The number of piperidine rings is 1. The van der Waals surface area contributed by atoms with Gasteiger partial charge in [0, 0.05) is 24.3 Å². The molecule has 25 heavy (non-hydrogen) atoms. The summed E-state index contributed by atoms with van der Waals surface area (Å²) in [6.07, 6.45) is 5.86. The molecule has 1 aromatic heterocycles. The fraction of sp³-hybridized carbons (Fsp3) is 0.684. The van der Waals surface area contributed by atoms with E-state index in [2.05, 4.69) is 16.8 Å². The van der Waals surface area contributed by atoms with Gasteiger partial charge in [-0.1, -0.05) is 0 Å². The summed E-state index contributed by atoms with van der Waals surface area (Å²) < 4.78 is 0. The van der Waals surface area contributed by atoms with Crippen molar-refractivity contribution in [3.63, 3.8) is 0 Å². The maximum atomic E-state index is 12.0. The van der Waals surface area contributed by atoms with Crippen molar-refractivity contribution in [2.75, 3.05) is 23.7 Å². The number of carbonyl (C=O) groups is 1. The lowest BCUT2D eigenvalue weighted by Crippen LogP contribution is -2.64. The molecule has 1 saturated heterocycles. The zero-order valence-electron chi connectivity index (χ0n) is 15.8. The normalized spacial score (nSPS) is 23.4. The van der Waals surface area contributed by atoms with Crippen LogP contribution in [0.3, 0.4) is 0 Å². The topological polar surface area (TPSA) is 82.7 Å². The van der Waals surface area contributed by atoms with E-state index < -0.39 is 17.2 Å². The van der Waals surface area contributed by atoms with E-state index in [1.807, 2.05) is 20.8 Å². The van der Waals surface area contributed by atoms with E-state index in [4.69, 9.17) is 5.73 Å². The molecule has 0 bridgehead atoms. The van der Waals surface area contributed by atoms with Crippen molar-refractivity contribution >= 4 is 17.5 Å². The van der Waals surface area contributed by atoms with Gasteiger partial charge in [0.05, 0.1) is 23.1 Å². The molecular formula is C19H30N4O2. The van der Waals surface area contributed by atoms with Crippen LogP contribution in [-0.2, 0) is 12.8 Å². The van der Waals surface area contributed by atoms with Crippen LogP contribution in [0.5, 0.6) is 0 Å². The Bertz CT molecular complexity index is 683. The van der Waals surface area contributed by atoms with Crippen molar-refractivity contribution in [2.45, 2.75) is 70.9 Å². The maximum Gasteiger partial charge on any atom is 0.408 e. The average Bonchev–Trinajstić information content (AvgIpc) is 2.92. The number of carboxylic acid groups (broad SMARTS) is 1. The summed E-state index contributed by atoms with van der Waals surface area (Å²) in [4.78, 5) is 20.4. The van der Waals surface area contributed by atoms with Crippen LogP contribution < -0.4 is 10.6 Å². The quantitative estimate of drug-likeness (QED) is 0.858. The summed E-state index contributed by atoms with van der Waals surface area (Å²) in [6, 6.07) is 0. The highest BCUT2D eigenvalue weighted by Gasteiger charge is 2.45. The van der Waals surface area contributed by atoms with Crippen molar-refractivity contribution in [1.82, 2.24) is 9.88 Å². The number of anilines is 2. The Morgan fingerprint density at radius 2 is 2.08 bits per heavy atom. The Balaban J connectivity index is 1.97. The summed E-state index contributed by atoms with van der Waals surface area (Å²) in [6.45, 7) is 9.53. The molecule has 0 radical (unpaired) electrons. The van der Waals surface area contributed by atoms with Crippen molar-refractivity contribution in [2.24, 2.45) is 0 Å². The van der Waals surface area contributed by atoms with Gasteiger partial charge in [-0.3, -0.25) is 9.88 Å². The Morgan fingerprint density at radius 3 is 2.72 bits per heavy atom. The van der Waals surface area contributed by atoms with Crippen LogP contribution in [0.2, 0.25) is 0 Å². The third-order valence-corrected chi connectivity index (χ3v) is 5.50. The predicted molar refractivity (Wildman–Crippen MR) is 100 cm³/mol. The van der Waals surface area contributed by atoms with Gasteiger partial charge in [0.1, 0.15) is 0 Å². The number of nitrogens with zero attached hydrogens (tertiary/aromatic N) is 3. The molecule has 1 aromatic rings. The minimum Gasteiger partial charge on any atom is -0.465 e. The number of amides is 1. The summed E-state index contributed by atoms with van der Waals surface area (Å²) in [7, 11) is 0. The third kappa shape index (κ3) is 3.14. The van der Waals surface area contributed by atoms with Gasteiger partial charge in [0.2, 0.25) is 0 Å². The molecule has 2 heterocycles. The standard InChI is InChI=1S/C19H30N4O2/c1-18(2,3)23(17(24)25)19(4)9-6-10-22(12-19)16-13-7-5-8-15(13)21-11-14(16)20/h11H,5-10,12,20H2,1-4H3,(H,24,25). The van der Waals surface area contributed by atoms with E-state index in [0.29, 0.717) is 12.2 Å². The summed E-state index contributed by atoms with van der Waals surface area (Å²) in [5, 5.41) is 9.87. The van der Waals surface area contributed by atoms with Crippen molar-refractivity contribution in [3.05, 3.63) is 17.5 Å². The molecular weight excluding hydrogens is 316 g/mol. The van der Waals surface area contributed by atoms with E-state index in [0.717, 1.165) is 50.0 Å². The van der Waals surface area contributed by atoms with E-state index in [-0.39, 0.29) is 0 Å². The van der Waals surface area contributed by atoms with E-state index in [1.165, 1.54) is 5.56 Å². The zero-order valence-corrected chi connectivity index (χ0v) is 15.8. The SMILES string of the molecule is CC(C)(C)N(C(=O)O)C1(C)CCCN(c2c(N)cnc3c2CCC3)C1. The van der Waals surface area contributed by atoms with Gasteiger partial charge in [0.15, 0.2) is 0 Å². The first-order valence-corrected chi connectivity index (χ1v) is 9.18. The van der Waals surface area contributed by atoms with Crippen molar-refractivity contribution in [3.8, 4) is 0 Å². The molecule has 138 valence electrons. The predicted octanol–water partition coefficient (Wildman–Crippen LogP) is 3.29. The van der Waals surface area contributed by atoms with Crippen LogP contribution in [0.4, 0.5) is 16.2 Å². The molecule has 1 fully saturated rings. The number of hydrogen-bond donors (Lipinski definition) is 2. The number of aromatic nitrogens is 1. The first-order valence-electron chi connectivity index (χ1n) is 9.18. The molecule has 0 spiro atoms. The van der Waals surface area contributed by atoms with E-state index in [9.17, 15) is 9.90 Å². The second kappa shape index (κ2) is 6.07. The molecule has 6 nitrogen and oxygen atoms in total. The lowest BCUT2D eigenvalue weighted by molar-refractivity contribution is 0.0171. The Labute approximate surface area is 150 Å². The zero-order chi connectivity index (χ0) is 18.4. The molecule has 1 aliphatic carbocycles. The van der Waals surface area contributed by atoms with Crippen LogP contribution in [0.15, 0.2) is 6.20 Å². The molecule has 3 rings (SSSR count). The molecule has 2 aliphatic rings. The molecule has 1 aliphatic heterocycles. The first kappa shape index (κ1) is 17.8. The number of aryl methyl sites for hydroxylation is 1. The minimum absolute atomic E-state index is 0.441. The van der Waals surface area contributed by atoms with Gasteiger partial charge in [-0.15, -0.1) is 0 Å². The Kier molecular flexibility index (Phi) is 4.33. The average molecular weight is 346 g/mol. The molecule has 1 amide bonds. The number of fused-ring (bicyclic) bond motifs is 1. The molecule has 0 saturated carbocycles.